The molecule has 0 fully saturated rings. The van der Waals surface area contributed by atoms with Crippen LogP contribution in [0.3, 0.4) is 0 Å². The molecule has 0 aliphatic carbocycles. The molecule has 0 saturated carbocycles. The number of benzene rings is 3. The number of ether oxygens (including phenoxy) is 1. The van der Waals surface area contributed by atoms with Crippen molar-refractivity contribution < 1.29 is 19.5 Å². The van der Waals surface area contributed by atoms with Gasteiger partial charge in [-0.15, -0.1) is 0 Å². The van der Waals surface area contributed by atoms with Gasteiger partial charge in [-0.2, -0.15) is 0 Å². The number of aliphatic carboxylic acids is 1. The molecule has 6 nitrogen and oxygen atoms in total. The van der Waals surface area contributed by atoms with Crippen molar-refractivity contribution in [2.75, 3.05) is 13.7 Å². The van der Waals surface area contributed by atoms with E-state index in [1.807, 2.05) is 61.5 Å². The molecule has 0 saturated heterocycles. The van der Waals surface area contributed by atoms with E-state index < -0.39 is 5.97 Å². The smallest absolute Gasteiger partial charge is 0.304 e. The maximum absolute atomic E-state index is 10.5. The lowest BCUT2D eigenvalue weighted by atomic mass is 10.0. The summed E-state index contributed by atoms with van der Waals surface area (Å²) in [6.45, 7) is 3.38. The fraction of sp³-hybridized carbons (Fsp3) is 0.231. The SMILES string of the molecule is COc1cccc(-c2ccc(CO/N=C(\C)c3ccc(CNCCC(=O)O)cc3)cc2)c1. The molecule has 3 aromatic carbocycles. The van der Waals surface area contributed by atoms with Gasteiger partial charge in [-0.25, -0.2) is 0 Å². The number of carboxylic acids is 1. The van der Waals surface area contributed by atoms with E-state index in [0.717, 1.165) is 39.3 Å². The number of hydrogen-bond acceptors (Lipinski definition) is 5. The highest BCUT2D eigenvalue weighted by atomic mass is 16.6. The minimum Gasteiger partial charge on any atom is -0.497 e. The predicted octanol–water partition coefficient (Wildman–Crippen LogP) is 4.87. The van der Waals surface area contributed by atoms with Crippen molar-refractivity contribution in [2.24, 2.45) is 5.16 Å². The fourth-order valence-electron chi connectivity index (χ4n) is 3.14. The number of rotatable bonds is 11. The van der Waals surface area contributed by atoms with Gasteiger partial charge in [0.1, 0.15) is 12.4 Å². The Labute approximate surface area is 188 Å². The van der Waals surface area contributed by atoms with Crippen molar-refractivity contribution in [3.8, 4) is 16.9 Å². The predicted molar refractivity (Wildman–Crippen MR) is 126 cm³/mol. The van der Waals surface area contributed by atoms with Crippen LogP contribution in [0, 0.1) is 0 Å². The molecule has 0 aromatic heterocycles. The molecule has 0 bridgehead atoms. The largest absolute Gasteiger partial charge is 0.497 e. The van der Waals surface area contributed by atoms with Crippen LogP contribution in [0.1, 0.15) is 30.0 Å². The molecule has 3 rings (SSSR count). The summed E-state index contributed by atoms with van der Waals surface area (Å²) < 4.78 is 5.29. The van der Waals surface area contributed by atoms with E-state index >= 15 is 0 Å². The Kier molecular flexibility index (Phi) is 8.40. The molecular weight excluding hydrogens is 404 g/mol. The Bertz CT molecular complexity index is 1040. The summed E-state index contributed by atoms with van der Waals surface area (Å²) in [4.78, 5) is 16.1. The van der Waals surface area contributed by atoms with Crippen LogP contribution in [-0.4, -0.2) is 30.4 Å². The normalized spacial score (nSPS) is 11.2. The van der Waals surface area contributed by atoms with E-state index in [1.165, 1.54) is 0 Å². The van der Waals surface area contributed by atoms with Crippen LogP contribution in [-0.2, 0) is 22.8 Å². The summed E-state index contributed by atoms with van der Waals surface area (Å²) in [5.41, 5.74) is 6.12. The molecule has 0 amide bonds. The van der Waals surface area contributed by atoms with Gasteiger partial charge in [0.25, 0.3) is 0 Å². The number of hydrogen-bond donors (Lipinski definition) is 2. The summed E-state index contributed by atoms with van der Waals surface area (Å²) in [5.74, 6) is 0.0368. The van der Waals surface area contributed by atoms with Gasteiger partial charge in [-0.1, -0.05) is 65.8 Å². The first kappa shape index (κ1) is 23.0. The molecule has 166 valence electrons. The van der Waals surface area contributed by atoms with E-state index in [4.69, 9.17) is 14.7 Å². The number of methoxy groups -OCH3 is 1. The zero-order chi connectivity index (χ0) is 22.8. The van der Waals surface area contributed by atoms with Crippen LogP contribution >= 0.6 is 0 Å². The third-order valence-corrected chi connectivity index (χ3v) is 5.01. The lowest BCUT2D eigenvalue weighted by molar-refractivity contribution is -0.136. The molecule has 0 atom stereocenters. The molecule has 32 heavy (non-hydrogen) atoms. The average Bonchev–Trinajstić information content (AvgIpc) is 2.82. The monoisotopic (exact) mass is 432 g/mol. The summed E-state index contributed by atoms with van der Waals surface area (Å²) in [6.07, 6.45) is 0.116. The minimum absolute atomic E-state index is 0.116. The number of nitrogens with one attached hydrogen (secondary N) is 1. The molecule has 3 aromatic rings. The van der Waals surface area contributed by atoms with E-state index in [0.29, 0.717) is 19.7 Å². The Hall–Kier alpha value is -3.64. The van der Waals surface area contributed by atoms with Crippen LogP contribution in [0.15, 0.2) is 78.0 Å². The Balaban J connectivity index is 1.50. The van der Waals surface area contributed by atoms with Gasteiger partial charge in [-0.05, 0) is 46.9 Å². The van der Waals surface area contributed by atoms with Gasteiger partial charge < -0.3 is 20.0 Å². The van der Waals surface area contributed by atoms with Gasteiger partial charge in [0.15, 0.2) is 0 Å². The molecule has 0 heterocycles. The molecule has 0 aliphatic heterocycles. The topological polar surface area (TPSA) is 80.2 Å². The third-order valence-electron chi connectivity index (χ3n) is 5.01. The van der Waals surface area contributed by atoms with Gasteiger partial charge in [0, 0.05) is 13.1 Å². The molecular formula is C26H28N2O4. The lowest BCUT2D eigenvalue weighted by Gasteiger charge is -2.07. The summed E-state index contributed by atoms with van der Waals surface area (Å²) in [6, 6.07) is 24.1. The highest BCUT2D eigenvalue weighted by Gasteiger charge is 2.03. The van der Waals surface area contributed by atoms with E-state index in [9.17, 15) is 4.79 Å². The molecule has 0 spiro atoms. The quantitative estimate of drug-likeness (QED) is 0.257. The summed E-state index contributed by atoms with van der Waals surface area (Å²) in [7, 11) is 1.67. The van der Waals surface area contributed by atoms with Crippen LogP contribution in [0.2, 0.25) is 0 Å². The highest BCUT2D eigenvalue weighted by molar-refractivity contribution is 5.98. The third kappa shape index (κ3) is 6.96. The van der Waals surface area contributed by atoms with Gasteiger partial charge in [0.2, 0.25) is 0 Å². The second kappa shape index (κ2) is 11.7. The number of oxime groups is 1. The van der Waals surface area contributed by atoms with Crippen molar-refractivity contribution in [1.82, 2.24) is 5.32 Å². The van der Waals surface area contributed by atoms with E-state index in [-0.39, 0.29) is 6.42 Å². The van der Waals surface area contributed by atoms with Crippen molar-refractivity contribution >= 4 is 11.7 Å². The lowest BCUT2D eigenvalue weighted by Crippen LogP contribution is -2.17. The molecule has 6 heteroatoms. The number of carbonyl (C=O) groups is 1. The van der Waals surface area contributed by atoms with Gasteiger partial charge in [-0.3, -0.25) is 4.79 Å². The molecule has 2 N–H and O–H groups in total. The second-order valence-corrected chi connectivity index (χ2v) is 7.40. The Morgan fingerprint density at radius 1 is 0.969 bits per heavy atom. The average molecular weight is 433 g/mol. The van der Waals surface area contributed by atoms with Crippen molar-refractivity contribution in [3.63, 3.8) is 0 Å². The van der Waals surface area contributed by atoms with Gasteiger partial charge in [0.05, 0.1) is 19.2 Å². The molecule has 0 unspecified atom stereocenters. The van der Waals surface area contributed by atoms with Gasteiger partial charge >= 0.3 is 5.97 Å². The first-order chi connectivity index (χ1) is 15.5. The zero-order valence-corrected chi connectivity index (χ0v) is 18.4. The first-order valence-electron chi connectivity index (χ1n) is 10.5. The van der Waals surface area contributed by atoms with Crippen LogP contribution in [0.4, 0.5) is 0 Å². The fourth-order valence-corrected chi connectivity index (χ4v) is 3.14. The van der Waals surface area contributed by atoms with Crippen molar-refractivity contribution in [3.05, 3.63) is 89.5 Å². The van der Waals surface area contributed by atoms with Crippen LogP contribution in [0.25, 0.3) is 11.1 Å². The Morgan fingerprint density at radius 3 is 2.38 bits per heavy atom. The van der Waals surface area contributed by atoms with Crippen molar-refractivity contribution in [1.29, 1.82) is 0 Å². The second-order valence-electron chi connectivity index (χ2n) is 7.40. The van der Waals surface area contributed by atoms with E-state index in [1.54, 1.807) is 7.11 Å². The summed E-state index contributed by atoms with van der Waals surface area (Å²) >= 11 is 0. The number of carboxylic acid groups (broad SMARTS) is 1. The zero-order valence-electron chi connectivity index (χ0n) is 18.4. The molecule has 0 radical (unpaired) electrons. The maximum Gasteiger partial charge on any atom is 0.304 e. The van der Waals surface area contributed by atoms with Crippen LogP contribution in [0.5, 0.6) is 5.75 Å². The van der Waals surface area contributed by atoms with Crippen molar-refractivity contribution in [2.45, 2.75) is 26.5 Å². The highest BCUT2D eigenvalue weighted by Crippen LogP contribution is 2.24. The Morgan fingerprint density at radius 2 is 1.69 bits per heavy atom. The minimum atomic E-state index is -0.799. The molecule has 0 aliphatic rings. The van der Waals surface area contributed by atoms with Crippen LogP contribution < -0.4 is 10.1 Å². The maximum atomic E-state index is 10.5. The summed E-state index contributed by atoms with van der Waals surface area (Å²) in [5, 5.41) is 16.0. The first-order valence-corrected chi connectivity index (χ1v) is 10.5. The van der Waals surface area contributed by atoms with E-state index in [2.05, 4.69) is 28.7 Å². The standard InChI is InChI=1S/C26H28N2O4/c1-19(22-10-6-20(7-11-22)17-27-15-14-26(29)30)28-32-18-21-8-12-23(13-9-21)24-4-3-5-25(16-24)31-2/h3-13,16,27H,14-15,17-18H2,1-2H3,(H,29,30)/b28-19+. The number of nitrogens with zero attached hydrogens (tertiary/aromatic N) is 1.